The molecule has 88 valence electrons. The molecule has 0 aromatic heterocycles. The van der Waals surface area contributed by atoms with Gasteiger partial charge in [0.05, 0.1) is 5.92 Å². The lowest BCUT2D eigenvalue weighted by molar-refractivity contribution is -0.119. The normalized spacial score (nSPS) is 18.3. The Kier molecular flexibility index (Phi) is 2.69. The van der Waals surface area contributed by atoms with Crippen LogP contribution in [0.15, 0.2) is 66.7 Å². The maximum atomic E-state index is 12.0. The first kappa shape index (κ1) is 10.8. The third kappa shape index (κ3) is 1.93. The van der Waals surface area contributed by atoms with Crippen molar-refractivity contribution >= 4 is 11.6 Å². The van der Waals surface area contributed by atoms with Gasteiger partial charge < -0.3 is 5.32 Å². The van der Waals surface area contributed by atoms with E-state index in [0.29, 0.717) is 0 Å². The van der Waals surface area contributed by atoms with Crippen LogP contribution < -0.4 is 5.32 Å². The van der Waals surface area contributed by atoms with Crippen LogP contribution in [0.2, 0.25) is 0 Å². The van der Waals surface area contributed by atoms with Crippen LogP contribution >= 0.6 is 0 Å². The van der Waals surface area contributed by atoms with E-state index in [4.69, 9.17) is 0 Å². The van der Waals surface area contributed by atoms with Crippen molar-refractivity contribution in [3.05, 3.63) is 77.9 Å². The molecule has 0 radical (unpaired) electrons. The zero-order valence-corrected chi connectivity index (χ0v) is 9.84. The van der Waals surface area contributed by atoms with E-state index in [0.717, 1.165) is 16.8 Å². The number of amides is 1. The number of hydrogen-bond acceptors (Lipinski definition) is 1. The van der Waals surface area contributed by atoms with Crippen molar-refractivity contribution in [1.29, 1.82) is 0 Å². The van der Waals surface area contributed by atoms with E-state index in [1.807, 2.05) is 66.7 Å². The highest BCUT2D eigenvalue weighted by atomic mass is 16.2. The monoisotopic (exact) mass is 235 g/mol. The molecule has 2 aromatic rings. The van der Waals surface area contributed by atoms with Gasteiger partial charge in [-0.3, -0.25) is 4.79 Å². The molecular formula is C16H13NO. The van der Waals surface area contributed by atoms with Gasteiger partial charge in [-0.25, -0.2) is 0 Å². The molecule has 3 rings (SSSR count). The highest BCUT2D eigenvalue weighted by Crippen LogP contribution is 2.27. The van der Waals surface area contributed by atoms with Crippen LogP contribution in [0.5, 0.6) is 0 Å². The molecule has 2 aromatic carbocycles. The number of benzene rings is 2. The molecule has 0 saturated heterocycles. The summed E-state index contributed by atoms with van der Waals surface area (Å²) in [4.78, 5) is 12.0. The summed E-state index contributed by atoms with van der Waals surface area (Å²) in [5.41, 5.74) is 2.97. The average Bonchev–Trinajstić information content (AvgIpc) is 2.83. The lowest BCUT2D eigenvalue weighted by Gasteiger charge is -2.04. The molecule has 0 spiro atoms. The van der Waals surface area contributed by atoms with E-state index in [2.05, 4.69) is 5.32 Å². The van der Waals surface area contributed by atoms with Gasteiger partial charge in [-0.2, -0.15) is 0 Å². The van der Waals surface area contributed by atoms with Gasteiger partial charge >= 0.3 is 0 Å². The van der Waals surface area contributed by atoms with Gasteiger partial charge in [0.2, 0.25) is 5.91 Å². The van der Waals surface area contributed by atoms with E-state index in [9.17, 15) is 4.79 Å². The van der Waals surface area contributed by atoms with Gasteiger partial charge in [-0.1, -0.05) is 60.7 Å². The molecule has 2 nitrogen and oxygen atoms in total. The minimum Gasteiger partial charge on any atom is -0.325 e. The summed E-state index contributed by atoms with van der Waals surface area (Å²) < 4.78 is 0. The van der Waals surface area contributed by atoms with Crippen LogP contribution in [0.3, 0.4) is 0 Å². The smallest absolute Gasteiger partial charge is 0.235 e. The van der Waals surface area contributed by atoms with Gasteiger partial charge in [-0.05, 0) is 17.2 Å². The number of rotatable bonds is 2. The SMILES string of the molecule is O=C1NC(c2ccccc2)=CC1c1ccccc1. The highest BCUT2D eigenvalue weighted by Gasteiger charge is 2.26. The van der Waals surface area contributed by atoms with Gasteiger partial charge in [0.25, 0.3) is 0 Å². The highest BCUT2D eigenvalue weighted by molar-refractivity contribution is 5.99. The molecule has 0 bridgehead atoms. The molecular weight excluding hydrogens is 222 g/mol. The molecule has 1 aliphatic rings. The first-order valence-electron chi connectivity index (χ1n) is 5.97. The van der Waals surface area contributed by atoms with E-state index in [1.165, 1.54) is 0 Å². The zero-order valence-electron chi connectivity index (χ0n) is 9.84. The fourth-order valence-electron chi connectivity index (χ4n) is 2.19. The third-order valence-electron chi connectivity index (χ3n) is 3.12. The minimum atomic E-state index is -0.179. The maximum Gasteiger partial charge on any atom is 0.235 e. The van der Waals surface area contributed by atoms with Crippen molar-refractivity contribution in [2.75, 3.05) is 0 Å². The second kappa shape index (κ2) is 4.49. The summed E-state index contributed by atoms with van der Waals surface area (Å²) in [6.45, 7) is 0. The average molecular weight is 235 g/mol. The summed E-state index contributed by atoms with van der Waals surface area (Å²) in [5.74, 6) is -0.138. The van der Waals surface area contributed by atoms with Crippen LogP contribution in [0.1, 0.15) is 17.0 Å². The molecule has 0 fully saturated rings. The Morgan fingerprint density at radius 3 is 2.11 bits per heavy atom. The maximum absolute atomic E-state index is 12.0. The fourth-order valence-corrected chi connectivity index (χ4v) is 2.19. The molecule has 1 heterocycles. The molecule has 1 amide bonds. The van der Waals surface area contributed by atoms with Gasteiger partial charge in [-0.15, -0.1) is 0 Å². The van der Waals surface area contributed by atoms with Crippen LogP contribution in [-0.4, -0.2) is 5.91 Å². The Hall–Kier alpha value is -2.35. The van der Waals surface area contributed by atoms with Crippen LogP contribution in [0.25, 0.3) is 5.70 Å². The van der Waals surface area contributed by atoms with Gasteiger partial charge in [0.15, 0.2) is 0 Å². The molecule has 1 unspecified atom stereocenters. The third-order valence-corrected chi connectivity index (χ3v) is 3.12. The predicted molar refractivity (Wildman–Crippen MR) is 71.7 cm³/mol. The number of carbonyl (C=O) groups excluding carboxylic acids is 1. The number of carbonyl (C=O) groups is 1. The Balaban J connectivity index is 1.95. The summed E-state index contributed by atoms with van der Waals surface area (Å²) in [5, 5.41) is 2.94. The van der Waals surface area contributed by atoms with Gasteiger partial charge in [0.1, 0.15) is 0 Å². The summed E-state index contributed by atoms with van der Waals surface area (Å²) in [6.07, 6.45) is 1.99. The summed E-state index contributed by atoms with van der Waals surface area (Å²) >= 11 is 0. The van der Waals surface area contributed by atoms with Crippen molar-refractivity contribution in [3.63, 3.8) is 0 Å². The van der Waals surface area contributed by atoms with Crippen molar-refractivity contribution < 1.29 is 4.79 Å². The second-order valence-electron chi connectivity index (χ2n) is 4.32. The molecule has 1 aliphatic heterocycles. The zero-order chi connectivity index (χ0) is 12.4. The number of hydrogen-bond donors (Lipinski definition) is 1. The largest absolute Gasteiger partial charge is 0.325 e. The first-order chi connectivity index (χ1) is 8.84. The van der Waals surface area contributed by atoms with Crippen molar-refractivity contribution in [2.45, 2.75) is 5.92 Å². The Bertz CT molecular complexity index is 587. The fraction of sp³-hybridized carbons (Fsp3) is 0.0625. The van der Waals surface area contributed by atoms with E-state index in [-0.39, 0.29) is 11.8 Å². The molecule has 18 heavy (non-hydrogen) atoms. The van der Waals surface area contributed by atoms with Crippen LogP contribution in [0, 0.1) is 0 Å². The quantitative estimate of drug-likeness (QED) is 0.852. The molecule has 1 atom stereocenters. The van der Waals surface area contributed by atoms with Crippen LogP contribution in [-0.2, 0) is 4.79 Å². The van der Waals surface area contributed by atoms with E-state index < -0.39 is 0 Å². The Labute approximate surface area is 106 Å². The second-order valence-corrected chi connectivity index (χ2v) is 4.32. The molecule has 1 N–H and O–H groups in total. The first-order valence-corrected chi connectivity index (χ1v) is 5.97. The van der Waals surface area contributed by atoms with Crippen LogP contribution in [0.4, 0.5) is 0 Å². The van der Waals surface area contributed by atoms with Gasteiger partial charge in [0, 0.05) is 5.70 Å². The standard InChI is InChI=1S/C16H13NO/c18-16-14(12-7-3-1-4-8-12)11-15(17-16)13-9-5-2-6-10-13/h1-11,14H,(H,17,18). The van der Waals surface area contributed by atoms with Crippen molar-refractivity contribution in [1.82, 2.24) is 5.32 Å². The Morgan fingerprint density at radius 1 is 0.833 bits per heavy atom. The lowest BCUT2D eigenvalue weighted by Crippen LogP contribution is -2.19. The number of nitrogens with one attached hydrogen (secondary N) is 1. The Morgan fingerprint density at radius 2 is 1.44 bits per heavy atom. The topological polar surface area (TPSA) is 29.1 Å². The predicted octanol–water partition coefficient (Wildman–Crippen LogP) is 2.94. The summed E-state index contributed by atoms with van der Waals surface area (Å²) in [6, 6.07) is 19.7. The van der Waals surface area contributed by atoms with Crippen molar-refractivity contribution in [2.24, 2.45) is 0 Å². The minimum absolute atomic E-state index is 0.0417. The van der Waals surface area contributed by atoms with E-state index in [1.54, 1.807) is 0 Å². The molecule has 0 saturated carbocycles. The summed E-state index contributed by atoms with van der Waals surface area (Å²) in [7, 11) is 0. The molecule has 0 aliphatic carbocycles. The lowest BCUT2D eigenvalue weighted by atomic mass is 9.99. The van der Waals surface area contributed by atoms with E-state index >= 15 is 0 Å². The van der Waals surface area contributed by atoms with Crippen molar-refractivity contribution in [3.8, 4) is 0 Å². The molecule has 2 heteroatoms.